The SMILES string of the molecule is c1ccc2cc(-c3nc(-c4cc5ccccc5c5ccccc45)nc(-c4cccc5oc6nc7ccccc7cc6c45)n3)ccc2c1. The first-order valence-corrected chi connectivity index (χ1v) is 15.6. The third-order valence-electron chi connectivity index (χ3n) is 9.08. The summed E-state index contributed by atoms with van der Waals surface area (Å²) < 4.78 is 6.32. The van der Waals surface area contributed by atoms with Crippen molar-refractivity contribution < 1.29 is 4.42 Å². The van der Waals surface area contributed by atoms with Crippen LogP contribution in [0.2, 0.25) is 0 Å². The molecule has 7 aromatic carbocycles. The van der Waals surface area contributed by atoms with Crippen molar-refractivity contribution in [2.24, 2.45) is 0 Å². The quantitative estimate of drug-likeness (QED) is 0.189. The van der Waals surface area contributed by atoms with Gasteiger partial charge in [-0.2, -0.15) is 0 Å². The van der Waals surface area contributed by atoms with E-state index in [4.69, 9.17) is 24.4 Å². The zero-order chi connectivity index (χ0) is 30.9. The molecule has 0 atom stereocenters. The van der Waals surface area contributed by atoms with Gasteiger partial charge < -0.3 is 4.42 Å². The van der Waals surface area contributed by atoms with Gasteiger partial charge in [-0.1, -0.05) is 115 Å². The molecule has 0 fully saturated rings. The van der Waals surface area contributed by atoms with Crippen LogP contribution in [-0.2, 0) is 0 Å². The fourth-order valence-electron chi connectivity index (χ4n) is 6.85. The van der Waals surface area contributed by atoms with Gasteiger partial charge in [0, 0.05) is 32.8 Å². The number of hydrogen-bond acceptors (Lipinski definition) is 5. The van der Waals surface area contributed by atoms with Gasteiger partial charge in [0.2, 0.25) is 5.71 Å². The molecular formula is C42H24N4O. The Kier molecular flexibility index (Phi) is 5.51. The number of furan rings is 1. The molecular weight excluding hydrogens is 576 g/mol. The standard InChI is InChI=1S/C42H24N4O/c1-2-11-26-22-29(21-20-25(26)10-1)39-44-40(33-17-9-19-37-38(33)35-24-28-13-4-8-18-36(28)43-42(35)47-37)46-41(45-39)34-23-27-12-3-5-14-30(27)31-15-6-7-16-32(31)34/h1-24H. The second-order valence-electron chi connectivity index (χ2n) is 11.9. The summed E-state index contributed by atoms with van der Waals surface area (Å²) in [5.41, 5.74) is 4.98. The summed E-state index contributed by atoms with van der Waals surface area (Å²) in [7, 11) is 0. The van der Waals surface area contributed by atoms with Crippen LogP contribution in [0.1, 0.15) is 0 Å². The maximum atomic E-state index is 6.32. The average molecular weight is 601 g/mol. The Hall–Kier alpha value is -6.46. The summed E-state index contributed by atoms with van der Waals surface area (Å²) in [5.74, 6) is 1.81. The number of para-hydroxylation sites is 1. The van der Waals surface area contributed by atoms with Gasteiger partial charge in [-0.05, 0) is 62.6 Å². The first kappa shape index (κ1) is 25.8. The van der Waals surface area contributed by atoms with Crippen LogP contribution in [0.5, 0.6) is 0 Å². The molecule has 0 radical (unpaired) electrons. The van der Waals surface area contributed by atoms with E-state index in [2.05, 4.69) is 115 Å². The van der Waals surface area contributed by atoms with Gasteiger partial charge in [0.15, 0.2) is 17.5 Å². The topological polar surface area (TPSA) is 64.7 Å². The molecule has 5 heteroatoms. The Balaban J connectivity index is 1.29. The van der Waals surface area contributed by atoms with Crippen molar-refractivity contribution >= 4 is 65.3 Å². The lowest BCUT2D eigenvalue weighted by Gasteiger charge is -2.13. The van der Waals surface area contributed by atoms with Crippen molar-refractivity contribution in [3.8, 4) is 34.2 Å². The normalized spacial score (nSPS) is 11.8. The maximum absolute atomic E-state index is 6.32. The molecule has 0 aliphatic carbocycles. The maximum Gasteiger partial charge on any atom is 0.227 e. The molecule has 0 amide bonds. The van der Waals surface area contributed by atoms with Crippen LogP contribution in [-0.4, -0.2) is 19.9 Å². The van der Waals surface area contributed by atoms with E-state index in [0.717, 1.165) is 65.5 Å². The van der Waals surface area contributed by atoms with Crippen molar-refractivity contribution in [1.29, 1.82) is 0 Å². The predicted octanol–water partition coefficient (Wildman–Crippen LogP) is 10.8. The van der Waals surface area contributed by atoms with Crippen molar-refractivity contribution in [3.63, 3.8) is 0 Å². The number of hydrogen-bond donors (Lipinski definition) is 0. The molecule has 0 N–H and O–H groups in total. The number of benzene rings is 7. The third kappa shape index (κ3) is 4.10. The second kappa shape index (κ2) is 10.0. The summed E-state index contributed by atoms with van der Waals surface area (Å²) in [6.07, 6.45) is 0. The van der Waals surface area contributed by atoms with E-state index in [9.17, 15) is 0 Å². The molecule has 0 saturated heterocycles. The summed E-state index contributed by atoms with van der Waals surface area (Å²) in [6.45, 7) is 0. The molecule has 0 spiro atoms. The van der Waals surface area contributed by atoms with Crippen LogP contribution in [0, 0.1) is 0 Å². The van der Waals surface area contributed by atoms with E-state index in [0.29, 0.717) is 23.2 Å². The Morgan fingerprint density at radius 1 is 0.383 bits per heavy atom. The molecule has 5 nitrogen and oxygen atoms in total. The third-order valence-corrected chi connectivity index (χ3v) is 9.08. The first-order valence-electron chi connectivity index (χ1n) is 15.6. The predicted molar refractivity (Wildman–Crippen MR) is 191 cm³/mol. The molecule has 47 heavy (non-hydrogen) atoms. The minimum absolute atomic E-state index is 0.580. The van der Waals surface area contributed by atoms with Gasteiger partial charge in [-0.25, -0.2) is 19.9 Å². The van der Waals surface area contributed by atoms with Crippen LogP contribution in [0.4, 0.5) is 0 Å². The molecule has 10 aromatic rings. The highest BCUT2D eigenvalue weighted by atomic mass is 16.3. The summed E-state index contributed by atoms with van der Waals surface area (Å²) >= 11 is 0. The number of nitrogens with zero attached hydrogens (tertiary/aromatic N) is 4. The van der Waals surface area contributed by atoms with Crippen molar-refractivity contribution in [3.05, 3.63) is 146 Å². The first-order chi connectivity index (χ1) is 23.3. The van der Waals surface area contributed by atoms with Crippen molar-refractivity contribution in [1.82, 2.24) is 19.9 Å². The molecule has 0 aliphatic rings. The molecule has 218 valence electrons. The fraction of sp³-hybridized carbons (Fsp3) is 0. The Morgan fingerprint density at radius 2 is 1.06 bits per heavy atom. The van der Waals surface area contributed by atoms with Gasteiger partial charge in [0.1, 0.15) is 5.58 Å². The smallest absolute Gasteiger partial charge is 0.227 e. The number of rotatable bonds is 3. The minimum atomic E-state index is 0.580. The highest BCUT2D eigenvalue weighted by Crippen LogP contribution is 2.39. The fourth-order valence-corrected chi connectivity index (χ4v) is 6.85. The van der Waals surface area contributed by atoms with Gasteiger partial charge >= 0.3 is 0 Å². The second-order valence-corrected chi connectivity index (χ2v) is 11.9. The van der Waals surface area contributed by atoms with E-state index >= 15 is 0 Å². The number of aromatic nitrogens is 4. The van der Waals surface area contributed by atoms with Crippen LogP contribution in [0.25, 0.3) is 99.5 Å². The lowest BCUT2D eigenvalue weighted by atomic mass is 9.96. The minimum Gasteiger partial charge on any atom is -0.438 e. The molecule has 0 bridgehead atoms. The largest absolute Gasteiger partial charge is 0.438 e. The Morgan fingerprint density at radius 3 is 1.94 bits per heavy atom. The molecule has 0 aliphatic heterocycles. The average Bonchev–Trinajstić information content (AvgIpc) is 3.50. The zero-order valence-electron chi connectivity index (χ0n) is 25.1. The molecule has 3 heterocycles. The highest BCUT2D eigenvalue weighted by molar-refractivity contribution is 6.15. The van der Waals surface area contributed by atoms with E-state index in [1.54, 1.807) is 0 Å². The van der Waals surface area contributed by atoms with E-state index < -0.39 is 0 Å². The Labute approximate surface area is 268 Å². The van der Waals surface area contributed by atoms with E-state index in [1.807, 2.05) is 30.3 Å². The lowest BCUT2D eigenvalue weighted by Crippen LogP contribution is -2.01. The summed E-state index contributed by atoms with van der Waals surface area (Å²) in [5, 5.41) is 9.80. The molecule has 3 aromatic heterocycles. The molecule has 10 rings (SSSR count). The van der Waals surface area contributed by atoms with E-state index in [1.165, 1.54) is 10.8 Å². The van der Waals surface area contributed by atoms with Crippen molar-refractivity contribution in [2.45, 2.75) is 0 Å². The number of fused-ring (bicyclic) bond motifs is 8. The highest BCUT2D eigenvalue weighted by Gasteiger charge is 2.20. The number of pyridine rings is 1. The van der Waals surface area contributed by atoms with Crippen LogP contribution >= 0.6 is 0 Å². The zero-order valence-corrected chi connectivity index (χ0v) is 25.1. The molecule has 0 unspecified atom stereocenters. The van der Waals surface area contributed by atoms with Gasteiger partial charge in [0.05, 0.1) is 5.52 Å². The lowest BCUT2D eigenvalue weighted by molar-refractivity contribution is 0.656. The van der Waals surface area contributed by atoms with Crippen LogP contribution in [0.3, 0.4) is 0 Å². The molecule has 0 saturated carbocycles. The van der Waals surface area contributed by atoms with Gasteiger partial charge in [-0.3, -0.25) is 0 Å². The van der Waals surface area contributed by atoms with Crippen LogP contribution in [0.15, 0.2) is 150 Å². The van der Waals surface area contributed by atoms with Crippen molar-refractivity contribution in [2.75, 3.05) is 0 Å². The van der Waals surface area contributed by atoms with Gasteiger partial charge in [-0.15, -0.1) is 0 Å². The Bertz CT molecular complexity index is 2870. The summed E-state index contributed by atoms with van der Waals surface area (Å²) in [4.78, 5) is 20.4. The van der Waals surface area contributed by atoms with Crippen LogP contribution < -0.4 is 0 Å². The van der Waals surface area contributed by atoms with Gasteiger partial charge in [0.25, 0.3) is 0 Å². The summed E-state index contributed by atoms with van der Waals surface area (Å²) in [6, 6.07) is 50.2. The van der Waals surface area contributed by atoms with E-state index in [-0.39, 0.29) is 0 Å². The monoisotopic (exact) mass is 600 g/mol.